The van der Waals surface area contributed by atoms with Crippen molar-refractivity contribution in [3.63, 3.8) is 0 Å². The summed E-state index contributed by atoms with van der Waals surface area (Å²) < 4.78 is 36.9. The van der Waals surface area contributed by atoms with Gasteiger partial charge < -0.3 is 4.74 Å². The van der Waals surface area contributed by atoms with E-state index in [-0.39, 0.29) is 0 Å². The Morgan fingerprint density at radius 3 is 1.51 bits per heavy atom. The van der Waals surface area contributed by atoms with Gasteiger partial charge in [0.15, 0.2) is 22.8 Å². The summed E-state index contributed by atoms with van der Waals surface area (Å²) in [7, 11) is 0. The Balaban J connectivity index is 1.28. The van der Waals surface area contributed by atoms with Crippen LogP contribution in [0.1, 0.15) is 16.7 Å². The van der Waals surface area contributed by atoms with Crippen molar-refractivity contribution in [2.45, 2.75) is 11.1 Å². The van der Waals surface area contributed by atoms with Crippen LogP contribution >= 0.6 is 0 Å². The van der Waals surface area contributed by atoms with E-state index in [2.05, 4.69) is 60.7 Å². The second kappa shape index (κ2) is 5.82. The molecular formula is C47H13F2NO. The van der Waals surface area contributed by atoms with Gasteiger partial charge in [0.2, 0.25) is 5.90 Å². The van der Waals surface area contributed by atoms with Crippen molar-refractivity contribution in [1.82, 2.24) is 0 Å². The average molecular weight is 646 g/mol. The number of fused-ring (bicyclic) bond motifs is 3. The van der Waals surface area contributed by atoms with E-state index in [1.54, 1.807) is 6.07 Å². The Labute approximate surface area is 282 Å². The lowest BCUT2D eigenvalue weighted by Gasteiger charge is -2.47. The standard InChI is InChI=1S/C47H13F2NO/c48-25-12-1-14(13-26(25)49)45-50-46-23-10-11-24-22-9-7-20-18-5-3-16-15-2-4-17-19-6-8-21(23)33-31(19)36-29(17)27(15)35-28(16)30(18)37-32(20)34(22)44(47(24,46)51-45)42-40(37)38(35)39(36)41(42)43(33)46/h1-13H. The van der Waals surface area contributed by atoms with Crippen LogP contribution in [0.3, 0.4) is 0 Å². The van der Waals surface area contributed by atoms with Gasteiger partial charge in [-0.2, -0.15) is 0 Å². The average Bonchev–Trinajstić information content (AvgIpc) is 3.99. The molecule has 0 fully saturated rings. The van der Waals surface area contributed by atoms with Crippen LogP contribution in [0.5, 0.6) is 0 Å². The maximum absolute atomic E-state index is 15.0. The molecule has 2 atom stereocenters. The van der Waals surface area contributed by atoms with Gasteiger partial charge in [-0.3, -0.25) is 0 Å². The summed E-state index contributed by atoms with van der Waals surface area (Å²) in [5.41, 5.74) is 3.26. The molecule has 226 valence electrons. The number of ether oxygens (including phenoxy) is 1. The highest BCUT2D eigenvalue weighted by Crippen LogP contribution is 2.75. The Hall–Kier alpha value is -6.39. The third-order valence-corrected chi connectivity index (χ3v) is 14.9. The number of hydrogen-bond acceptors (Lipinski definition) is 2. The maximum Gasteiger partial charge on any atom is 0.218 e. The van der Waals surface area contributed by atoms with Gasteiger partial charge in [-0.15, -0.1) is 0 Å². The van der Waals surface area contributed by atoms with Crippen LogP contribution in [0.2, 0.25) is 0 Å². The molecule has 0 saturated heterocycles. The van der Waals surface area contributed by atoms with Crippen molar-refractivity contribution in [2.24, 2.45) is 4.99 Å². The third-order valence-electron chi connectivity index (χ3n) is 14.9. The molecular weight excluding hydrogens is 633 g/mol. The number of halogens is 2. The van der Waals surface area contributed by atoms with Crippen molar-refractivity contribution in [3.05, 3.63) is 118 Å². The van der Waals surface area contributed by atoms with E-state index in [0.29, 0.717) is 11.5 Å². The molecule has 1 aliphatic heterocycles. The fourth-order valence-corrected chi connectivity index (χ4v) is 13.7. The normalized spacial score (nSPS) is 23.0. The van der Waals surface area contributed by atoms with Crippen LogP contribution in [0.4, 0.5) is 8.78 Å². The quantitative estimate of drug-likeness (QED) is 0.163. The minimum Gasteiger partial charge on any atom is -0.457 e. The lowest BCUT2D eigenvalue weighted by atomic mass is 9.60. The first-order chi connectivity index (χ1) is 25.1. The Bertz CT molecular complexity index is 4190. The van der Waals surface area contributed by atoms with Crippen molar-refractivity contribution in [2.75, 3.05) is 0 Å². The minimum atomic E-state index is -0.988. The van der Waals surface area contributed by atoms with Crippen LogP contribution in [0.25, 0.3) is 130 Å². The summed E-state index contributed by atoms with van der Waals surface area (Å²) in [5, 5.41) is 32.3. The summed E-state index contributed by atoms with van der Waals surface area (Å²) in [6.45, 7) is 0. The molecule has 0 N–H and O–H groups in total. The van der Waals surface area contributed by atoms with E-state index >= 15 is 0 Å². The van der Waals surface area contributed by atoms with Crippen molar-refractivity contribution in [1.29, 1.82) is 0 Å². The van der Waals surface area contributed by atoms with Gasteiger partial charge in [0.1, 0.15) is 0 Å². The van der Waals surface area contributed by atoms with Crippen molar-refractivity contribution < 1.29 is 13.5 Å². The Morgan fingerprint density at radius 1 is 0.431 bits per heavy atom. The van der Waals surface area contributed by atoms with Crippen LogP contribution in [-0.4, -0.2) is 5.90 Å². The molecule has 0 saturated carbocycles. The number of rotatable bonds is 1. The SMILES string of the molecule is Fc1ccc(C2=NC34C5=c6ccc7c8ccc9c%10ccc%11c%12ccc%13c%14c(c%15c%16c3c6c7c3c8c9c6c%10c%11c(c%14%12)c%15c6c%163)C4(O2)C=%13C=C5)cc1F. The maximum atomic E-state index is 15.0. The second-order valence-electron chi connectivity index (χ2n) is 16.1. The lowest BCUT2D eigenvalue weighted by Crippen LogP contribution is -2.49. The van der Waals surface area contributed by atoms with Crippen LogP contribution in [0, 0.1) is 11.6 Å². The third kappa shape index (κ3) is 1.58. The second-order valence-corrected chi connectivity index (χ2v) is 16.1. The van der Waals surface area contributed by atoms with E-state index in [4.69, 9.17) is 9.73 Å². The monoisotopic (exact) mass is 645 g/mol. The molecule has 51 heavy (non-hydrogen) atoms. The predicted octanol–water partition coefficient (Wildman–Crippen LogP) is 9.93. The van der Waals surface area contributed by atoms with E-state index in [0.717, 1.165) is 11.1 Å². The molecule has 4 heteroatoms. The summed E-state index contributed by atoms with van der Waals surface area (Å²) in [4.78, 5) is 5.76. The van der Waals surface area contributed by atoms with E-state index in [9.17, 15) is 8.78 Å². The smallest absolute Gasteiger partial charge is 0.218 e. The fourth-order valence-electron chi connectivity index (χ4n) is 13.7. The first-order valence-electron chi connectivity index (χ1n) is 17.8. The summed E-state index contributed by atoms with van der Waals surface area (Å²) >= 11 is 0. The molecule has 18 rings (SSSR count). The van der Waals surface area contributed by atoms with Gasteiger partial charge in [-0.05, 0) is 153 Å². The number of hydrogen-bond donors (Lipinski definition) is 0. The van der Waals surface area contributed by atoms with E-state index in [1.165, 1.54) is 152 Å². The highest BCUT2D eigenvalue weighted by Gasteiger charge is 2.72. The molecule has 0 bridgehead atoms. The zero-order chi connectivity index (χ0) is 32.1. The Morgan fingerprint density at radius 2 is 0.902 bits per heavy atom. The van der Waals surface area contributed by atoms with Gasteiger partial charge in [0.25, 0.3) is 0 Å². The first kappa shape index (κ1) is 22.4. The molecule has 4 aliphatic carbocycles. The minimum absolute atomic E-state index is 0.370. The predicted molar refractivity (Wildman–Crippen MR) is 201 cm³/mol. The highest BCUT2D eigenvalue weighted by atomic mass is 19.2. The van der Waals surface area contributed by atoms with E-state index < -0.39 is 22.8 Å². The van der Waals surface area contributed by atoms with Gasteiger partial charge in [0, 0.05) is 22.3 Å². The highest BCUT2D eigenvalue weighted by molar-refractivity contribution is 6.64. The fraction of sp³-hybridized carbons (Fsp3) is 0.0426. The lowest BCUT2D eigenvalue weighted by molar-refractivity contribution is 0.0944. The summed E-state index contributed by atoms with van der Waals surface area (Å²) in [6.07, 6.45) is 4.59. The molecule has 5 aliphatic rings. The Kier molecular flexibility index (Phi) is 2.55. The van der Waals surface area contributed by atoms with Gasteiger partial charge in [0.05, 0.1) is 0 Å². The number of aliphatic imine (C=N–C) groups is 1. The van der Waals surface area contributed by atoms with Crippen molar-refractivity contribution in [3.8, 4) is 0 Å². The first-order valence-corrected chi connectivity index (χ1v) is 17.8. The molecule has 2 nitrogen and oxygen atoms in total. The van der Waals surface area contributed by atoms with Crippen LogP contribution in [0.15, 0.2) is 83.9 Å². The summed E-state index contributed by atoms with van der Waals surface area (Å²) in [5.74, 6) is -1.41. The molecule has 13 aromatic carbocycles. The molecule has 2 spiro atoms. The van der Waals surface area contributed by atoms with E-state index in [1.807, 2.05) is 0 Å². The molecule has 1 heterocycles. The van der Waals surface area contributed by atoms with Gasteiger partial charge in [-0.25, -0.2) is 13.8 Å². The molecule has 0 radical (unpaired) electrons. The van der Waals surface area contributed by atoms with Gasteiger partial charge >= 0.3 is 0 Å². The summed E-state index contributed by atoms with van der Waals surface area (Å²) in [6, 6.07) is 22.9. The van der Waals surface area contributed by atoms with Crippen LogP contribution < -0.4 is 10.4 Å². The molecule has 13 aromatic rings. The molecule has 2 unspecified atom stereocenters. The number of nitrogens with zero attached hydrogens (tertiary/aromatic N) is 1. The molecule has 0 aromatic heterocycles. The zero-order valence-electron chi connectivity index (χ0n) is 26.1. The topological polar surface area (TPSA) is 21.6 Å². The number of benzene rings is 9. The zero-order valence-corrected chi connectivity index (χ0v) is 26.1. The van der Waals surface area contributed by atoms with Crippen LogP contribution in [-0.2, 0) is 15.9 Å². The largest absolute Gasteiger partial charge is 0.457 e. The van der Waals surface area contributed by atoms with Gasteiger partial charge in [-0.1, -0.05) is 60.7 Å². The molecule has 0 amide bonds. The van der Waals surface area contributed by atoms with Crippen molar-refractivity contribution >= 4 is 136 Å².